The maximum absolute atomic E-state index is 13.5. The predicted octanol–water partition coefficient (Wildman–Crippen LogP) is 4.65. The van der Waals surface area contributed by atoms with E-state index in [0.29, 0.717) is 5.52 Å². The SMILES string of the molecule is O=C(c1cccc([N+](=O)[O-])c1)c1ccc(C(F)(F)F)n2c1nc1ccccc12. The Morgan fingerprint density at radius 1 is 1.04 bits per heavy atom. The summed E-state index contributed by atoms with van der Waals surface area (Å²) in [7, 11) is 0. The van der Waals surface area contributed by atoms with Crippen LogP contribution in [0.15, 0.2) is 60.7 Å². The van der Waals surface area contributed by atoms with Gasteiger partial charge in [0.05, 0.1) is 21.5 Å². The zero-order chi connectivity index (χ0) is 20.1. The molecule has 0 aliphatic heterocycles. The van der Waals surface area contributed by atoms with E-state index < -0.39 is 22.6 Å². The van der Waals surface area contributed by atoms with E-state index in [9.17, 15) is 28.1 Å². The van der Waals surface area contributed by atoms with Gasteiger partial charge in [-0.05, 0) is 24.3 Å². The van der Waals surface area contributed by atoms with Crippen LogP contribution < -0.4 is 0 Å². The lowest BCUT2D eigenvalue weighted by atomic mass is 10.0. The average molecular weight is 385 g/mol. The summed E-state index contributed by atoms with van der Waals surface area (Å²) in [6.45, 7) is 0. The lowest BCUT2D eigenvalue weighted by molar-refractivity contribution is -0.384. The highest BCUT2D eigenvalue weighted by atomic mass is 19.4. The third-order valence-electron chi connectivity index (χ3n) is 4.30. The third-order valence-corrected chi connectivity index (χ3v) is 4.30. The minimum absolute atomic E-state index is 0.0112. The highest BCUT2D eigenvalue weighted by Crippen LogP contribution is 2.33. The van der Waals surface area contributed by atoms with Crippen LogP contribution in [0.2, 0.25) is 0 Å². The number of rotatable bonds is 3. The molecule has 0 saturated carbocycles. The lowest BCUT2D eigenvalue weighted by Gasteiger charge is -2.12. The van der Waals surface area contributed by atoms with Crippen LogP contribution in [0.5, 0.6) is 0 Å². The topological polar surface area (TPSA) is 77.5 Å². The van der Waals surface area contributed by atoms with Crippen molar-refractivity contribution in [3.63, 3.8) is 0 Å². The highest BCUT2D eigenvalue weighted by Gasteiger charge is 2.35. The Hall–Kier alpha value is -3.75. The van der Waals surface area contributed by atoms with Gasteiger partial charge in [-0.15, -0.1) is 0 Å². The molecule has 0 fully saturated rings. The summed E-state index contributed by atoms with van der Waals surface area (Å²) in [6.07, 6.45) is -4.66. The molecule has 0 aliphatic carbocycles. The first-order chi connectivity index (χ1) is 13.3. The molecule has 4 rings (SSSR count). The van der Waals surface area contributed by atoms with Crippen LogP contribution in [-0.2, 0) is 6.18 Å². The van der Waals surface area contributed by atoms with E-state index in [1.165, 1.54) is 24.3 Å². The number of non-ortho nitro benzene ring substituents is 1. The van der Waals surface area contributed by atoms with Gasteiger partial charge in [0.2, 0.25) is 0 Å². The summed E-state index contributed by atoms with van der Waals surface area (Å²) in [4.78, 5) is 27.4. The molecule has 0 amide bonds. The fraction of sp³-hybridized carbons (Fsp3) is 0.0526. The molecule has 28 heavy (non-hydrogen) atoms. The summed E-state index contributed by atoms with van der Waals surface area (Å²) in [6, 6.07) is 13.1. The van der Waals surface area contributed by atoms with Crippen LogP contribution in [0.4, 0.5) is 18.9 Å². The molecule has 140 valence electrons. The van der Waals surface area contributed by atoms with Gasteiger partial charge in [-0.25, -0.2) is 4.98 Å². The van der Waals surface area contributed by atoms with E-state index in [0.717, 1.165) is 22.6 Å². The number of carbonyl (C=O) groups excluding carboxylic acids is 1. The number of pyridine rings is 1. The van der Waals surface area contributed by atoms with Crippen molar-refractivity contribution in [1.82, 2.24) is 9.38 Å². The largest absolute Gasteiger partial charge is 0.431 e. The van der Waals surface area contributed by atoms with E-state index in [1.807, 2.05) is 0 Å². The summed E-state index contributed by atoms with van der Waals surface area (Å²) < 4.78 is 41.4. The molecule has 2 aromatic heterocycles. The Morgan fingerprint density at radius 3 is 2.50 bits per heavy atom. The van der Waals surface area contributed by atoms with Crippen LogP contribution in [0.25, 0.3) is 16.7 Å². The molecule has 0 atom stereocenters. The van der Waals surface area contributed by atoms with Gasteiger partial charge in [-0.1, -0.05) is 24.3 Å². The maximum atomic E-state index is 13.5. The number of para-hydroxylation sites is 2. The molecular weight excluding hydrogens is 375 g/mol. The van der Waals surface area contributed by atoms with Crippen LogP contribution >= 0.6 is 0 Å². The van der Waals surface area contributed by atoms with E-state index in [-0.39, 0.29) is 28.0 Å². The van der Waals surface area contributed by atoms with Gasteiger partial charge in [-0.3, -0.25) is 19.3 Å². The molecule has 2 heterocycles. The summed E-state index contributed by atoms with van der Waals surface area (Å²) in [5.74, 6) is -0.655. The molecular formula is C19H10F3N3O3. The van der Waals surface area contributed by atoms with Crippen molar-refractivity contribution in [1.29, 1.82) is 0 Å². The number of fused-ring (bicyclic) bond motifs is 3. The first-order valence-electron chi connectivity index (χ1n) is 8.04. The minimum atomic E-state index is -4.66. The first-order valence-corrected chi connectivity index (χ1v) is 8.04. The van der Waals surface area contributed by atoms with Crippen LogP contribution in [0.3, 0.4) is 0 Å². The number of ketones is 1. The smallest absolute Gasteiger partial charge is 0.288 e. The molecule has 0 radical (unpaired) electrons. The molecule has 0 unspecified atom stereocenters. The number of nitro benzene ring substituents is 1. The Balaban J connectivity index is 2.00. The Bertz CT molecular complexity index is 1260. The molecule has 2 aromatic carbocycles. The van der Waals surface area contributed by atoms with Crippen molar-refractivity contribution in [2.45, 2.75) is 6.18 Å². The Morgan fingerprint density at radius 2 is 1.79 bits per heavy atom. The number of hydrogen-bond donors (Lipinski definition) is 0. The van der Waals surface area contributed by atoms with Gasteiger partial charge in [0.25, 0.3) is 5.69 Å². The third kappa shape index (κ3) is 2.77. The van der Waals surface area contributed by atoms with Crippen molar-refractivity contribution in [3.8, 4) is 0 Å². The molecule has 0 aliphatic rings. The molecule has 6 nitrogen and oxygen atoms in total. The summed E-state index contributed by atoms with van der Waals surface area (Å²) in [5, 5.41) is 10.9. The molecule has 0 saturated heterocycles. The zero-order valence-corrected chi connectivity index (χ0v) is 14.0. The fourth-order valence-electron chi connectivity index (χ4n) is 3.08. The van der Waals surface area contributed by atoms with Gasteiger partial charge >= 0.3 is 6.18 Å². The van der Waals surface area contributed by atoms with Gasteiger partial charge in [0, 0.05) is 17.7 Å². The summed E-state index contributed by atoms with van der Waals surface area (Å²) in [5.41, 5.74) is -1.000. The van der Waals surface area contributed by atoms with Crippen molar-refractivity contribution in [2.75, 3.05) is 0 Å². The molecule has 0 spiro atoms. The monoisotopic (exact) mass is 385 g/mol. The predicted molar refractivity (Wildman–Crippen MR) is 94.2 cm³/mol. The van der Waals surface area contributed by atoms with E-state index in [1.54, 1.807) is 18.2 Å². The maximum Gasteiger partial charge on any atom is 0.431 e. The Labute approximate surface area is 155 Å². The second-order valence-corrected chi connectivity index (χ2v) is 6.03. The van der Waals surface area contributed by atoms with Gasteiger partial charge < -0.3 is 0 Å². The van der Waals surface area contributed by atoms with Crippen molar-refractivity contribution in [2.24, 2.45) is 0 Å². The van der Waals surface area contributed by atoms with E-state index in [2.05, 4.69) is 4.98 Å². The van der Waals surface area contributed by atoms with Crippen molar-refractivity contribution in [3.05, 3.63) is 87.6 Å². The minimum Gasteiger partial charge on any atom is -0.288 e. The number of hydrogen-bond acceptors (Lipinski definition) is 4. The zero-order valence-electron chi connectivity index (χ0n) is 14.0. The summed E-state index contributed by atoms with van der Waals surface area (Å²) >= 11 is 0. The number of benzene rings is 2. The molecule has 4 aromatic rings. The number of imidazole rings is 1. The van der Waals surface area contributed by atoms with Gasteiger partial charge in [0.1, 0.15) is 11.3 Å². The van der Waals surface area contributed by atoms with Crippen molar-refractivity contribution >= 4 is 28.2 Å². The van der Waals surface area contributed by atoms with Gasteiger partial charge in [0.15, 0.2) is 5.78 Å². The number of aromatic nitrogens is 2. The van der Waals surface area contributed by atoms with E-state index in [4.69, 9.17) is 0 Å². The number of nitro groups is 1. The molecule has 0 bridgehead atoms. The van der Waals surface area contributed by atoms with E-state index >= 15 is 0 Å². The van der Waals surface area contributed by atoms with Crippen molar-refractivity contribution < 1.29 is 22.9 Å². The van der Waals surface area contributed by atoms with Gasteiger partial charge in [-0.2, -0.15) is 13.2 Å². The fourth-order valence-corrected chi connectivity index (χ4v) is 3.08. The highest BCUT2D eigenvalue weighted by molar-refractivity contribution is 6.13. The standard InChI is InChI=1S/C19H10F3N3O3/c20-19(21,22)16-9-8-13(17(26)11-4-3-5-12(10-11)25(27)28)18-23-14-6-1-2-7-15(14)24(16)18/h1-10H. The van der Waals surface area contributed by atoms with Crippen LogP contribution in [0, 0.1) is 10.1 Å². The second-order valence-electron chi connectivity index (χ2n) is 6.03. The number of nitrogens with zero attached hydrogens (tertiary/aromatic N) is 3. The lowest BCUT2D eigenvalue weighted by Crippen LogP contribution is -2.14. The van der Waals surface area contributed by atoms with Crippen LogP contribution in [0.1, 0.15) is 21.6 Å². The molecule has 9 heteroatoms. The second kappa shape index (κ2) is 6.15. The Kier molecular flexibility index (Phi) is 3.88. The number of carbonyl (C=O) groups is 1. The molecule has 0 N–H and O–H groups in total. The normalized spacial score (nSPS) is 11.8. The number of halogens is 3. The van der Waals surface area contributed by atoms with Crippen LogP contribution in [-0.4, -0.2) is 20.1 Å². The quantitative estimate of drug-likeness (QED) is 0.292. The average Bonchev–Trinajstić information content (AvgIpc) is 3.05. The first kappa shape index (κ1) is 17.7. The number of alkyl halides is 3.